The zero-order chi connectivity index (χ0) is 16.2. The first-order valence-corrected chi connectivity index (χ1v) is 7.32. The molecule has 1 aliphatic heterocycles. The molecular weight excluding hydrogens is 285 g/mol. The third-order valence-electron chi connectivity index (χ3n) is 3.95. The van der Waals surface area contributed by atoms with E-state index >= 15 is 0 Å². The molecule has 0 saturated carbocycles. The van der Waals surface area contributed by atoms with Gasteiger partial charge in [-0.25, -0.2) is 0 Å². The topological polar surface area (TPSA) is 49.4 Å². The third kappa shape index (κ3) is 5.21. The summed E-state index contributed by atoms with van der Waals surface area (Å²) < 4.78 is 36.7. The van der Waals surface area contributed by atoms with E-state index in [9.17, 15) is 22.8 Å². The summed E-state index contributed by atoms with van der Waals surface area (Å²) in [7, 11) is 0. The Labute approximate surface area is 123 Å². The van der Waals surface area contributed by atoms with Gasteiger partial charge in [0.15, 0.2) is 0 Å². The first-order chi connectivity index (χ1) is 9.65. The van der Waals surface area contributed by atoms with Crippen molar-refractivity contribution in [3.8, 4) is 0 Å². The molecule has 4 nitrogen and oxygen atoms in total. The fourth-order valence-corrected chi connectivity index (χ4v) is 2.47. The lowest BCUT2D eigenvalue weighted by Crippen LogP contribution is -2.49. The van der Waals surface area contributed by atoms with Crippen LogP contribution in [0.15, 0.2) is 0 Å². The average Bonchev–Trinajstić information content (AvgIpc) is 2.47. The van der Waals surface area contributed by atoms with Crippen molar-refractivity contribution in [2.75, 3.05) is 6.54 Å². The molecule has 1 N–H and O–H groups in total. The zero-order valence-corrected chi connectivity index (χ0v) is 12.7. The van der Waals surface area contributed by atoms with Gasteiger partial charge in [0, 0.05) is 25.4 Å². The molecular formula is C14H23F3N2O2. The molecule has 0 bridgehead atoms. The van der Waals surface area contributed by atoms with E-state index in [1.165, 1.54) is 4.90 Å². The maximum atomic E-state index is 12.5. The Morgan fingerprint density at radius 2 is 2.00 bits per heavy atom. The Hall–Kier alpha value is -1.27. The second-order valence-electron chi connectivity index (χ2n) is 5.73. The molecule has 2 amide bonds. The number of halogens is 3. The normalized spacial score (nSPS) is 25.5. The first kappa shape index (κ1) is 17.8. The average molecular weight is 308 g/mol. The lowest BCUT2D eigenvalue weighted by Gasteiger charge is -2.30. The van der Waals surface area contributed by atoms with E-state index in [1.807, 2.05) is 13.8 Å². The van der Waals surface area contributed by atoms with E-state index in [2.05, 4.69) is 5.32 Å². The Morgan fingerprint density at radius 1 is 1.38 bits per heavy atom. The summed E-state index contributed by atoms with van der Waals surface area (Å²) in [5, 5.41) is 2.69. The summed E-state index contributed by atoms with van der Waals surface area (Å²) in [5.41, 5.74) is 0. The van der Waals surface area contributed by atoms with Crippen LogP contribution >= 0.6 is 0 Å². The first-order valence-electron chi connectivity index (χ1n) is 7.32. The molecule has 0 radical (unpaired) electrons. The molecule has 0 aromatic carbocycles. The van der Waals surface area contributed by atoms with Crippen LogP contribution in [0.25, 0.3) is 0 Å². The summed E-state index contributed by atoms with van der Waals surface area (Å²) >= 11 is 0. The van der Waals surface area contributed by atoms with E-state index in [4.69, 9.17) is 0 Å². The molecule has 21 heavy (non-hydrogen) atoms. The number of hydrogen-bond donors (Lipinski definition) is 1. The lowest BCUT2D eigenvalue weighted by molar-refractivity contribution is -0.142. The van der Waals surface area contributed by atoms with E-state index in [1.54, 1.807) is 6.92 Å². The van der Waals surface area contributed by atoms with Crippen molar-refractivity contribution >= 4 is 11.8 Å². The Morgan fingerprint density at radius 3 is 2.52 bits per heavy atom. The molecule has 1 aliphatic rings. The van der Waals surface area contributed by atoms with Crippen molar-refractivity contribution < 1.29 is 22.8 Å². The number of carbonyl (C=O) groups excluding carboxylic acids is 2. The zero-order valence-electron chi connectivity index (χ0n) is 12.7. The van der Waals surface area contributed by atoms with Gasteiger partial charge in [-0.2, -0.15) is 13.2 Å². The van der Waals surface area contributed by atoms with Crippen molar-refractivity contribution in [2.45, 2.75) is 64.7 Å². The number of carbonyl (C=O) groups is 2. The summed E-state index contributed by atoms with van der Waals surface area (Å²) in [6, 6.07) is -1.02. The number of alkyl halides is 3. The lowest BCUT2D eigenvalue weighted by atomic mass is 9.98. The minimum absolute atomic E-state index is 0.0292. The van der Waals surface area contributed by atoms with Crippen LogP contribution in [0, 0.1) is 5.92 Å². The standard InChI is InChI=1S/C14H23F3N2O2/c1-4-9(2)12-13(21)19(7-5-6-14(15,16)17)10(3)8-11(20)18-12/h9-10,12H,4-8H2,1-3H3,(H,18,20). The van der Waals surface area contributed by atoms with Gasteiger partial charge in [0.2, 0.25) is 11.8 Å². The molecule has 1 heterocycles. The molecule has 1 rings (SSSR count). The molecule has 0 spiro atoms. The summed E-state index contributed by atoms with van der Waals surface area (Å²) in [4.78, 5) is 25.7. The summed E-state index contributed by atoms with van der Waals surface area (Å²) in [6.07, 6.45) is -4.44. The van der Waals surface area contributed by atoms with Gasteiger partial charge in [-0.1, -0.05) is 20.3 Å². The van der Waals surface area contributed by atoms with Crippen LogP contribution in [0.5, 0.6) is 0 Å². The SMILES string of the molecule is CCC(C)C1NC(=O)CC(C)N(CCCC(F)(F)F)C1=O. The number of rotatable bonds is 5. The highest BCUT2D eigenvalue weighted by atomic mass is 19.4. The Balaban J connectivity index is 2.78. The fourth-order valence-electron chi connectivity index (χ4n) is 2.47. The smallest absolute Gasteiger partial charge is 0.344 e. The predicted molar refractivity (Wildman–Crippen MR) is 72.5 cm³/mol. The van der Waals surface area contributed by atoms with E-state index in [0.29, 0.717) is 6.42 Å². The third-order valence-corrected chi connectivity index (χ3v) is 3.95. The number of amides is 2. The monoisotopic (exact) mass is 308 g/mol. The van der Waals surface area contributed by atoms with Gasteiger partial charge in [-0.15, -0.1) is 0 Å². The van der Waals surface area contributed by atoms with Crippen LogP contribution < -0.4 is 5.32 Å². The van der Waals surface area contributed by atoms with E-state index < -0.39 is 18.6 Å². The largest absolute Gasteiger partial charge is 0.389 e. The Bertz CT molecular complexity index is 385. The van der Waals surface area contributed by atoms with E-state index in [-0.39, 0.29) is 43.2 Å². The van der Waals surface area contributed by atoms with Crippen LogP contribution in [0.3, 0.4) is 0 Å². The summed E-state index contributed by atoms with van der Waals surface area (Å²) in [6.45, 7) is 5.49. The molecule has 1 saturated heterocycles. The number of nitrogens with zero attached hydrogens (tertiary/aromatic N) is 1. The summed E-state index contributed by atoms with van der Waals surface area (Å²) in [5.74, 6) is -0.541. The van der Waals surface area contributed by atoms with Crippen LogP contribution in [-0.2, 0) is 9.59 Å². The highest BCUT2D eigenvalue weighted by molar-refractivity contribution is 5.90. The van der Waals surface area contributed by atoms with Crippen molar-refractivity contribution in [3.63, 3.8) is 0 Å². The number of hydrogen-bond acceptors (Lipinski definition) is 2. The van der Waals surface area contributed by atoms with Crippen LogP contribution in [0.2, 0.25) is 0 Å². The molecule has 122 valence electrons. The minimum Gasteiger partial charge on any atom is -0.344 e. The van der Waals surface area contributed by atoms with Crippen LogP contribution in [0.1, 0.15) is 46.5 Å². The quantitative estimate of drug-likeness (QED) is 0.848. The van der Waals surface area contributed by atoms with Gasteiger partial charge in [0.25, 0.3) is 0 Å². The highest BCUT2D eigenvalue weighted by Gasteiger charge is 2.36. The Kier molecular flexibility index (Phi) is 6.04. The molecule has 0 aliphatic carbocycles. The van der Waals surface area contributed by atoms with Gasteiger partial charge in [0.05, 0.1) is 0 Å². The van der Waals surface area contributed by atoms with Crippen molar-refractivity contribution in [3.05, 3.63) is 0 Å². The van der Waals surface area contributed by atoms with Gasteiger partial charge >= 0.3 is 6.18 Å². The minimum atomic E-state index is -4.22. The van der Waals surface area contributed by atoms with Crippen LogP contribution in [0.4, 0.5) is 13.2 Å². The second kappa shape index (κ2) is 7.13. The number of nitrogens with one attached hydrogen (secondary N) is 1. The van der Waals surface area contributed by atoms with Gasteiger partial charge < -0.3 is 10.2 Å². The van der Waals surface area contributed by atoms with Gasteiger partial charge in [0.1, 0.15) is 6.04 Å². The maximum Gasteiger partial charge on any atom is 0.389 e. The van der Waals surface area contributed by atoms with Crippen molar-refractivity contribution in [1.82, 2.24) is 10.2 Å². The van der Waals surface area contributed by atoms with Crippen molar-refractivity contribution in [2.24, 2.45) is 5.92 Å². The van der Waals surface area contributed by atoms with Crippen molar-refractivity contribution in [1.29, 1.82) is 0 Å². The highest BCUT2D eigenvalue weighted by Crippen LogP contribution is 2.23. The maximum absolute atomic E-state index is 12.5. The second-order valence-corrected chi connectivity index (χ2v) is 5.73. The molecule has 3 atom stereocenters. The van der Waals surface area contributed by atoms with E-state index in [0.717, 1.165) is 0 Å². The predicted octanol–water partition coefficient (Wildman–Crippen LogP) is 2.48. The van der Waals surface area contributed by atoms with Gasteiger partial charge in [-0.3, -0.25) is 9.59 Å². The molecule has 0 aromatic heterocycles. The molecule has 1 fully saturated rings. The molecule has 0 aromatic rings. The molecule has 7 heteroatoms. The van der Waals surface area contributed by atoms with Gasteiger partial charge in [-0.05, 0) is 19.3 Å². The fraction of sp³-hybridized carbons (Fsp3) is 0.857. The molecule has 3 unspecified atom stereocenters. The van der Waals surface area contributed by atoms with Crippen LogP contribution in [-0.4, -0.2) is 41.5 Å².